The summed E-state index contributed by atoms with van der Waals surface area (Å²) in [4.78, 5) is 4.51. The normalized spacial score (nSPS) is 15.4. The number of nitrogens with zero attached hydrogens (tertiary/aromatic N) is 5. The highest BCUT2D eigenvalue weighted by Gasteiger charge is 2.19. The number of fused-ring (bicyclic) bond motifs is 1. The van der Waals surface area contributed by atoms with Gasteiger partial charge < -0.3 is 10.3 Å². The number of nitrogens with two attached hydrogens (primary N) is 1. The molecule has 2 aromatic carbocycles. The van der Waals surface area contributed by atoms with Crippen molar-refractivity contribution in [3.63, 3.8) is 0 Å². The van der Waals surface area contributed by atoms with Crippen molar-refractivity contribution in [3.8, 4) is 22.8 Å². The Morgan fingerprint density at radius 1 is 1.00 bits per heavy atom. The van der Waals surface area contributed by atoms with Crippen LogP contribution in [0.1, 0.15) is 38.1 Å². The molecule has 1 saturated carbocycles. The fraction of sp³-hybridized carbons (Fsp3) is 0.300. The van der Waals surface area contributed by atoms with Crippen LogP contribution in [0, 0.1) is 0 Å². The molecule has 7 nitrogen and oxygen atoms in total. The highest BCUT2D eigenvalue weighted by atomic mass is 16.5. The zero-order chi connectivity index (χ0) is 18.2. The molecule has 0 aliphatic heterocycles. The zero-order valence-electron chi connectivity index (χ0n) is 14.9. The summed E-state index contributed by atoms with van der Waals surface area (Å²) in [7, 11) is 0. The molecule has 4 aromatic rings. The van der Waals surface area contributed by atoms with Gasteiger partial charge in [0, 0.05) is 16.8 Å². The number of aromatic nitrogens is 5. The molecule has 27 heavy (non-hydrogen) atoms. The molecular weight excluding hydrogens is 340 g/mol. The van der Waals surface area contributed by atoms with Crippen molar-refractivity contribution in [2.45, 2.75) is 38.1 Å². The fourth-order valence-corrected chi connectivity index (χ4v) is 3.81. The molecule has 0 radical (unpaired) electrons. The van der Waals surface area contributed by atoms with Crippen LogP contribution < -0.4 is 5.73 Å². The monoisotopic (exact) mass is 360 g/mol. The topological polar surface area (TPSA) is 95.6 Å². The minimum Gasteiger partial charge on any atom is -0.399 e. The molecule has 1 aliphatic carbocycles. The summed E-state index contributed by atoms with van der Waals surface area (Å²) >= 11 is 0. The van der Waals surface area contributed by atoms with Crippen LogP contribution in [0.15, 0.2) is 47.0 Å². The lowest BCUT2D eigenvalue weighted by Crippen LogP contribution is -2.14. The Bertz CT molecular complexity index is 1090. The maximum Gasteiger partial charge on any atom is 0.258 e. The van der Waals surface area contributed by atoms with Crippen LogP contribution >= 0.6 is 0 Å². The number of anilines is 1. The number of rotatable bonds is 3. The van der Waals surface area contributed by atoms with Gasteiger partial charge >= 0.3 is 0 Å². The maximum atomic E-state index is 5.84. The van der Waals surface area contributed by atoms with Crippen molar-refractivity contribution in [2.75, 3.05) is 5.73 Å². The van der Waals surface area contributed by atoms with Crippen LogP contribution in [0.5, 0.6) is 0 Å². The number of hydrogen-bond donors (Lipinski definition) is 1. The minimum absolute atomic E-state index is 0.452. The van der Waals surface area contributed by atoms with E-state index >= 15 is 0 Å². The van der Waals surface area contributed by atoms with Crippen molar-refractivity contribution >= 4 is 16.7 Å². The lowest BCUT2D eigenvalue weighted by atomic mass is 9.95. The molecule has 1 aliphatic rings. The molecular formula is C20H20N6O. The van der Waals surface area contributed by atoms with E-state index in [1.807, 2.05) is 42.5 Å². The summed E-state index contributed by atoms with van der Waals surface area (Å²) in [6, 6.07) is 13.9. The Kier molecular flexibility index (Phi) is 3.85. The van der Waals surface area contributed by atoms with Crippen molar-refractivity contribution in [1.29, 1.82) is 0 Å². The van der Waals surface area contributed by atoms with Crippen LogP contribution in [-0.4, -0.2) is 25.1 Å². The summed E-state index contributed by atoms with van der Waals surface area (Å²) < 4.78 is 7.53. The van der Waals surface area contributed by atoms with Gasteiger partial charge in [-0.3, -0.25) is 0 Å². The minimum atomic E-state index is 0.452. The molecule has 2 N–H and O–H groups in total. The lowest BCUT2D eigenvalue weighted by molar-refractivity contribution is 0.331. The number of nitrogen functional groups attached to an aromatic ring is 1. The van der Waals surface area contributed by atoms with Gasteiger partial charge in [0.1, 0.15) is 5.52 Å². The molecule has 2 aromatic heterocycles. The zero-order valence-corrected chi connectivity index (χ0v) is 14.9. The quantitative estimate of drug-likeness (QED) is 0.549. The lowest BCUT2D eigenvalue weighted by Gasteiger charge is -2.21. The third-order valence-corrected chi connectivity index (χ3v) is 5.21. The predicted molar refractivity (Wildman–Crippen MR) is 103 cm³/mol. The molecule has 0 bridgehead atoms. The van der Waals surface area contributed by atoms with Gasteiger partial charge in [-0.1, -0.05) is 41.8 Å². The first-order valence-electron chi connectivity index (χ1n) is 9.33. The third-order valence-electron chi connectivity index (χ3n) is 5.21. The van der Waals surface area contributed by atoms with E-state index in [1.54, 1.807) is 0 Å². The second kappa shape index (κ2) is 6.50. The highest BCUT2D eigenvalue weighted by molar-refractivity contribution is 5.80. The van der Waals surface area contributed by atoms with E-state index in [1.165, 1.54) is 32.1 Å². The van der Waals surface area contributed by atoms with Gasteiger partial charge in [0.25, 0.3) is 5.89 Å². The maximum absolute atomic E-state index is 5.84. The first kappa shape index (κ1) is 16.0. The average Bonchev–Trinajstić information content (AvgIpc) is 3.36. The molecule has 0 atom stereocenters. The SMILES string of the molecule is Nc1cccc(-c2noc(-c3ccc4c(c3)nnn4C3CCCCC3)n2)c1. The first-order chi connectivity index (χ1) is 13.3. The van der Waals surface area contributed by atoms with Gasteiger partial charge in [-0.15, -0.1) is 5.10 Å². The van der Waals surface area contributed by atoms with Crippen LogP contribution in [0.3, 0.4) is 0 Å². The molecule has 0 saturated heterocycles. The third kappa shape index (κ3) is 2.95. The van der Waals surface area contributed by atoms with E-state index in [0.29, 0.717) is 23.4 Å². The average molecular weight is 360 g/mol. The molecule has 0 amide bonds. The Morgan fingerprint density at radius 3 is 2.74 bits per heavy atom. The summed E-state index contributed by atoms with van der Waals surface area (Å²) in [5, 5.41) is 12.8. The molecule has 0 spiro atoms. The highest BCUT2D eigenvalue weighted by Crippen LogP contribution is 2.31. The molecule has 2 heterocycles. The molecule has 0 unspecified atom stereocenters. The van der Waals surface area contributed by atoms with Crippen LogP contribution in [0.25, 0.3) is 33.9 Å². The Balaban J connectivity index is 1.47. The Labute approximate surface area is 156 Å². The largest absolute Gasteiger partial charge is 0.399 e. The van der Waals surface area contributed by atoms with Crippen molar-refractivity contribution < 1.29 is 4.52 Å². The second-order valence-corrected chi connectivity index (χ2v) is 7.08. The molecule has 5 rings (SSSR count). The Morgan fingerprint density at radius 2 is 1.89 bits per heavy atom. The molecule has 1 fully saturated rings. The number of hydrogen-bond acceptors (Lipinski definition) is 6. The van der Waals surface area contributed by atoms with Gasteiger partial charge in [-0.25, -0.2) is 4.68 Å². The summed E-state index contributed by atoms with van der Waals surface area (Å²) in [6.07, 6.45) is 6.19. The first-order valence-corrected chi connectivity index (χ1v) is 9.33. The van der Waals surface area contributed by atoms with Crippen molar-refractivity contribution in [3.05, 3.63) is 42.5 Å². The second-order valence-electron chi connectivity index (χ2n) is 7.08. The van der Waals surface area contributed by atoms with Crippen LogP contribution in [0.4, 0.5) is 5.69 Å². The smallest absolute Gasteiger partial charge is 0.258 e. The number of benzene rings is 2. The van der Waals surface area contributed by atoms with Gasteiger partial charge in [0.2, 0.25) is 5.82 Å². The van der Waals surface area contributed by atoms with Crippen LogP contribution in [0.2, 0.25) is 0 Å². The van der Waals surface area contributed by atoms with E-state index in [-0.39, 0.29) is 0 Å². The standard InChI is InChI=1S/C20H20N6O/c21-15-6-4-5-13(11-15)19-22-20(27-24-19)14-9-10-18-17(12-14)23-25-26(18)16-7-2-1-3-8-16/h4-6,9-12,16H,1-3,7-8,21H2. The summed E-state index contributed by atoms with van der Waals surface area (Å²) in [6.45, 7) is 0. The van der Waals surface area contributed by atoms with E-state index in [4.69, 9.17) is 10.3 Å². The van der Waals surface area contributed by atoms with Gasteiger partial charge in [0.15, 0.2) is 0 Å². The summed E-state index contributed by atoms with van der Waals surface area (Å²) in [5.74, 6) is 0.977. The Hall–Kier alpha value is -3.22. The predicted octanol–water partition coefficient (Wildman–Crippen LogP) is 4.24. The van der Waals surface area contributed by atoms with Crippen molar-refractivity contribution in [2.24, 2.45) is 0 Å². The van der Waals surface area contributed by atoms with Gasteiger partial charge in [0.05, 0.1) is 11.6 Å². The summed E-state index contributed by atoms with van der Waals surface area (Å²) in [5.41, 5.74) is 10.1. The van der Waals surface area contributed by atoms with Gasteiger partial charge in [-0.05, 0) is 43.2 Å². The molecule has 136 valence electrons. The molecule has 7 heteroatoms. The van der Waals surface area contributed by atoms with E-state index < -0.39 is 0 Å². The van der Waals surface area contributed by atoms with E-state index in [9.17, 15) is 0 Å². The van der Waals surface area contributed by atoms with Crippen molar-refractivity contribution in [1.82, 2.24) is 25.1 Å². The van der Waals surface area contributed by atoms with Crippen LogP contribution in [-0.2, 0) is 0 Å². The van der Waals surface area contributed by atoms with E-state index in [0.717, 1.165) is 22.2 Å². The van der Waals surface area contributed by atoms with E-state index in [2.05, 4.69) is 25.1 Å². The van der Waals surface area contributed by atoms with Gasteiger partial charge in [-0.2, -0.15) is 4.98 Å². The fourth-order valence-electron chi connectivity index (χ4n) is 3.81.